The van der Waals surface area contributed by atoms with E-state index in [0.717, 1.165) is 28.8 Å². The molecule has 2 aromatic heterocycles. The molecule has 1 atom stereocenters. The summed E-state index contributed by atoms with van der Waals surface area (Å²) >= 11 is 0. The zero-order valence-electron chi connectivity index (χ0n) is 11.7. The number of rotatable bonds is 4. The molecule has 0 fully saturated rings. The second-order valence-electron chi connectivity index (χ2n) is 5.03. The molecule has 20 heavy (non-hydrogen) atoms. The van der Waals surface area contributed by atoms with Crippen molar-refractivity contribution in [1.82, 2.24) is 19.3 Å². The molecule has 104 valence electrons. The Hall–Kier alpha value is -2.14. The summed E-state index contributed by atoms with van der Waals surface area (Å²) in [6, 6.07) is 7.96. The minimum atomic E-state index is -0.571. The van der Waals surface area contributed by atoms with Crippen LogP contribution in [0.2, 0.25) is 0 Å². The fourth-order valence-corrected chi connectivity index (χ4v) is 2.53. The van der Waals surface area contributed by atoms with Crippen molar-refractivity contribution in [2.24, 2.45) is 14.1 Å². The van der Waals surface area contributed by atoms with Gasteiger partial charge in [-0.2, -0.15) is 5.10 Å². The second kappa shape index (κ2) is 5.09. The molecule has 1 unspecified atom stereocenters. The summed E-state index contributed by atoms with van der Waals surface area (Å²) in [6.07, 6.45) is 4.47. The third-order valence-electron chi connectivity index (χ3n) is 3.66. The van der Waals surface area contributed by atoms with Crippen LogP contribution in [0.1, 0.15) is 24.0 Å². The fourth-order valence-electron chi connectivity index (χ4n) is 2.53. The Morgan fingerprint density at radius 1 is 1.25 bits per heavy atom. The fraction of sp³-hybridized carbons (Fsp3) is 0.333. The van der Waals surface area contributed by atoms with Gasteiger partial charge in [0.1, 0.15) is 5.82 Å². The SMILES string of the molecule is Cn1ccnc1CCC(O)c1nn(C)c2ccccc12. The largest absolute Gasteiger partial charge is 0.387 e. The van der Waals surface area contributed by atoms with Gasteiger partial charge in [-0.3, -0.25) is 4.68 Å². The number of aliphatic hydroxyl groups excluding tert-OH is 1. The van der Waals surface area contributed by atoms with Crippen molar-refractivity contribution in [3.05, 3.63) is 48.2 Å². The van der Waals surface area contributed by atoms with Crippen molar-refractivity contribution in [2.75, 3.05) is 0 Å². The summed E-state index contributed by atoms with van der Waals surface area (Å²) in [7, 11) is 3.86. The van der Waals surface area contributed by atoms with E-state index < -0.39 is 6.10 Å². The molecule has 3 aromatic rings. The molecule has 0 bridgehead atoms. The first kappa shape index (κ1) is 12.9. The van der Waals surface area contributed by atoms with Gasteiger partial charge < -0.3 is 9.67 Å². The van der Waals surface area contributed by atoms with Crippen LogP contribution < -0.4 is 0 Å². The lowest BCUT2D eigenvalue weighted by molar-refractivity contribution is 0.162. The number of aliphatic hydroxyl groups is 1. The molecule has 0 aliphatic rings. The zero-order chi connectivity index (χ0) is 14.1. The number of nitrogens with zero attached hydrogens (tertiary/aromatic N) is 4. The van der Waals surface area contributed by atoms with Crippen molar-refractivity contribution in [3.63, 3.8) is 0 Å². The maximum absolute atomic E-state index is 10.4. The number of imidazole rings is 1. The predicted molar refractivity (Wildman–Crippen MR) is 77.2 cm³/mol. The quantitative estimate of drug-likeness (QED) is 0.788. The smallest absolute Gasteiger partial charge is 0.108 e. The van der Waals surface area contributed by atoms with Gasteiger partial charge in [-0.05, 0) is 12.5 Å². The first-order chi connectivity index (χ1) is 9.66. The van der Waals surface area contributed by atoms with Crippen LogP contribution in [0.4, 0.5) is 0 Å². The Balaban J connectivity index is 1.82. The normalized spacial score (nSPS) is 12.9. The number of fused-ring (bicyclic) bond motifs is 1. The van der Waals surface area contributed by atoms with Crippen LogP contribution in [0.25, 0.3) is 10.9 Å². The van der Waals surface area contributed by atoms with E-state index >= 15 is 0 Å². The van der Waals surface area contributed by atoms with Crippen LogP contribution in [0.5, 0.6) is 0 Å². The third-order valence-corrected chi connectivity index (χ3v) is 3.66. The summed E-state index contributed by atoms with van der Waals surface area (Å²) in [5.41, 5.74) is 1.79. The molecule has 0 radical (unpaired) electrons. The lowest BCUT2D eigenvalue weighted by Gasteiger charge is -2.08. The Bertz CT molecular complexity index is 728. The van der Waals surface area contributed by atoms with Gasteiger partial charge >= 0.3 is 0 Å². The van der Waals surface area contributed by atoms with Gasteiger partial charge in [0.15, 0.2) is 0 Å². The summed E-state index contributed by atoms with van der Waals surface area (Å²) < 4.78 is 3.79. The molecule has 0 amide bonds. The molecule has 3 rings (SSSR count). The number of benzene rings is 1. The van der Waals surface area contributed by atoms with E-state index in [1.807, 2.05) is 53.8 Å². The van der Waals surface area contributed by atoms with Crippen molar-refractivity contribution in [2.45, 2.75) is 18.9 Å². The highest BCUT2D eigenvalue weighted by atomic mass is 16.3. The van der Waals surface area contributed by atoms with E-state index in [-0.39, 0.29) is 0 Å². The van der Waals surface area contributed by atoms with Crippen molar-refractivity contribution in [1.29, 1.82) is 0 Å². The third kappa shape index (κ3) is 2.20. The van der Waals surface area contributed by atoms with Gasteiger partial charge in [0.2, 0.25) is 0 Å². The predicted octanol–water partition coefficient (Wildman–Crippen LogP) is 1.97. The maximum Gasteiger partial charge on any atom is 0.108 e. The zero-order valence-corrected chi connectivity index (χ0v) is 11.7. The molecule has 0 aliphatic carbocycles. The van der Waals surface area contributed by atoms with Crippen molar-refractivity contribution < 1.29 is 5.11 Å². The van der Waals surface area contributed by atoms with Crippen molar-refractivity contribution in [3.8, 4) is 0 Å². The van der Waals surface area contributed by atoms with E-state index in [9.17, 15) is 5.11 Å². The number of aromatic nitrogens is 4. The molecule has 0 aliphatic heterocycles. The molecule has 0 spiro atoms. The Labute approximate surface area is 117 Å². The van der Waals surface area contributed by atoms with Gasteiger partial charge in [-0.1, -0.05) is 18.2 Å². The first-order valence-corrected chi connectivity index (χ1v) is 6.72. The van der Waals surface area contributed by atoms with E-state index in [2.05, 4.69) is 10.1 Å². The second-order valence-corrected chi connectivity index (χ2v) is 5.03. The number of aryl methyl sites for hydroxylation is 3. The minimum absolute atomic E-state index is 0.571. The first-order valence-electron chi connectivity index (χ1n) is 6.72. The van der Waals surface area contributed by atoms with Gasteiger partial charge in [-0.15, -0.1) is 0 Å². The average Bonchev–Trinajstić information content (AvgIpc) is 3.01. The minimum Gasteiger partial charge on any atom is -0.387 e. The van der Waals surface area contributed by atoms with Crippen LogP contribution in [0, 0.1) is 0 Å². The average molecular weight is 270 g/mol. The van der Waals surface area contributed by atoms with Crippen LogP contribution in [-0.2, 0) is 20.5 Å². The standard InChI is InChI=1S/C15H18N4O/c1-18-10-9-16-14(18)8-7-13(20)15-11-5-3-4-6-12(11)19(2)17-15/h3-6,9-10,13,20H,7-8H2,1-2H3. The van der Waals surface area contributed by atoms with Gasteiger partial charge in [0.05, 0.1) is 17.3 Å². The monoisotopic (exact) mass is 270 g/mol. The Morgan fingerprint density at radius 3 is 2.80 bits per heavy atom. The summed E-state index contributed by atoms with van der Waals surface area (Å²) in [5, 5.41) is 15.9. The maximum atomic E-state index is 10.4. The number of hydrogen-bond donors (Lipinski definition) is 1. The van der Waals surface area contributed by atoms with E-state index in [0.29, 0.717) is 6.42 Å². The lowest BCUT2D eigenvalue weighted by Crippen LogP contribution is -2.05. The number of para-hydroxylation sites is 1. The summed E-state index contributed by atoms with van der Waals surface area (Å²) in [6.45, 7) is 0. The molecule has 0 saturated heterocycles. The molecular weight excluding hydrogens is 252 g/mol. The van der Waals surface area contributed by atoms with Crippen LogP contribution >= 0.6 is 0 Å². The Kier molecular flexibility index (Phi) is 3.28. The van der Waals surface area contributed by atoms with Crippen LogP contribution in [0.15, 0.2) is 36.7 Å². The molecule has 2 heterocycles. The molecule has 0 saturated carbocycles. The van der Waals surface area contributed by atoms with Crippen molar-refractivity contribution >= 4 is 10.9 Å². The highest BCUT2D eigenvalue weighted by Gasteiger charge is 2.17. The van der Waals surface area contributed by atoms with E-state index in [1.54, 1.807) is 6.20 Å². The lowest BCUT2D eigenvalue weighted by atomic mass is 10.1. The van der Waals surface area contributed by atoms with Crippen LogP contribution in [-0.4, -0.2) is 24.4 Å². The molecule has 5 heteroatoms. The topological polar surface area (TPSA) is 55.9 Å². The van der Waals surface area contributed by atoms with E-state index in [1.165, 1.54) is 0 Å². The summed E-state index contributed by atoms with van der Waals surface area (Å²) in [4.78, 5) is 4.28. The van der Waals surface area contributed by atoms with Gasteiger partial charge in [0, 0.05) is 38.3 Å². The molecule has 5 nitrogen and oxygen atoms in total. The summed E-state index contributed by atoms with van der Waals surface area (Å²) in [5.74, 6) is 0.976. The number of hydrogen-bond acceptors (Lipinski definition) is 3. The Morgan fingerprint density at radius 2 is 2.05 bits per heavy atom. The highest BCUT2D eigenvalue weighted by molar-refractivity contribution is 5.82. The molecule has 1 aromatic carbocycles. The molecule has 1 N–H and O–H groups in total. The highest BCUT2D eigenvalue weighted by Crippen LogP contribution is 2.25. The van der Waals surface area contributed by atoms with Crippen LogP contribution in [0.3, 0.4) is 0 Å². The van der Waals surface area contributed by atoms with E-state index in [4.69, 9.17) is 0 Å². The van der Waals surface area contributed by atoms with Gasteiger partial charge in [0.25, 0.3) is 0 Å². The molecular formula is C15H18N4O. The van der Waals surface area contributed by atoms with Gasteiger partial charge in [-0.25, -0.2) is 4.98 Å².